The standard InChI is InChI=1S/C29H33F2NO4/c1-26-9-8-19(33)11-22(26)23(30)12-21-20-10-18-15-32(14-17-6-4-3-5-7-17)16-28(18,25(35)36)27(20,2)13-24(34)29(21,26)31/h3-9,11,18,20-21,23-24,34H,10,12-16H2,1-2H3,(H,35,36)/t18-,20-,21-,23-,24-,26-,27-,28+,29-/m0/s1. The highest BCUT2D eigenvalue weighted by Gasteiger charge is 2.78. The lowest BCUT2D eigenvalue weighted by molar-refractivity contribution is -0.215. The van der Waals surface area contributed by atoms with Gasteiger partial charge in [0.1, 0.15) is 6.17 Å². The Morgan fingerprint density at radius 1 is 1.17 bits per heavy atom. The molecule has 9 atom stereocenters. The van der Waals surface area contributed by atoms with E-state index in [9.17, 15) is 19.8 Å². The summed E-state index contributed by atoms with van der Waals surface area (Å²) in [5.41, 5.74) is -4.46. The zero-order valence-electron chi connectivity index (χ0n) is 20.7. The van der Waals surface area contributed by atoms with Crippen molar-refractivity contribution in [2.45, 2.75) is 57.6 Å². The van der Waals surface area contributed by atoms with E-state index in [1.54, 1.807) is 6.92 Å². The van der Waals surface area contributed by atoms with E-state index in [1.165, 1.54) is 18.2 Å². The molecule has 1 saturated heterocycles. The molecule has 1 aromatic carbocycles. The molecule has 1 aromatic rings. The number of aliphatic hydroxyl groups is 1. The topological polar surface area (TPSA) is 77.8 Å². The van der Waals surface area contributed by atoms with Gasteiger partial charge >= 0.3 is 5.97 Å². The van der Waals surface area contributed by atoms with Gasteiger partial charge in [-0.25, -0.2) is 8.78 Å². The van der Waals surface area contributed by atoms with Gasteiger partial charge in [0, 0.05) is 31.0 Å². The summed E-state index contributed by atoms with van der Waals surface area (Å²) in [7, 11) is 0. The van der Waals surface area contributed by atoms with Crippen LogP contribution in [0.2, 0.25) is 0 Å². The first-order chi connectivity index (χ1) is 17.0. The van der Waals surface area contributed by atoms with Gasteiger partial charge in [-0.3, -0.25) is 14.5 Å². The van der Waals surface area contributed by atoms with E-state index in [0.717, 1.165) is 5.56 Å². The number of halogens is 2. The Labute approximate surface area is 209 Å². The maximum Gasteiger partial charge on any atom is 0.311 e. The van der Waals surface area contributed by atoms with E-state index >= 15 is 8.78 Å². The van der Waals surface area contributed by atoms with Crippen molar-refractivity contribution in [3.05, 3.63) is 59.7 Å². The summed E-state index contributed by atoms with van der Waals surface area (Å²) in [6.07, 6.45) is 1.24. The van der Waals surface area contributed by atoms with Crippen LogP contribution in [0, 0.1) is 34.0 Å². The molecule has 3 saturated carbocycles. The third kappa shape index (κ3) is 2.76. The second kappa shape index (κ2) is 7.57. The number of allylic oxidation sites excluding steroid dienone is 4. The molecule has 36 heavy (non-hydrogen) atoms. The molecule has 1 heterocycles. The fraction of sp³-hybridized carbons (Fsp3) is 0.586. The van der Waals surface area contributed by atoms with Crippen LogP contribution in [0.4, 0.5) is 8.78 Å². The van der Waals surface area contributed by atoms with Crippen molar-refractivity contribution in [2.24, 2.45) is 34.0 Å². The molecule has 0 radical (unpaired) electrons. The number of ketones is 1. The normalized spacial score (nSPS) is 47.5. The Morgan fingerprint density at radius 2 is 1.89 bits per heavy atom. The summed E-state index contributed by atoms with van der Waals surface area (Å²) in [6, 6.07) is 9.90. The van der Waals surface area contributed by atoms with Crippen molar-refractivity contribution in [1.82, 2.24) is 4.90 Å². The van der Waals surface area contributed by atoms with Gasteiger partial charge in [0.15, 0.2) is 11.5 Å². The first kappa shape index (κ1) is 24.0. The summed E-state index contributed by atoms with van der Waals surface area (Å²) in [6.45, 7) is 5.00. The van der Waals surface area contributed by atoms with Crippen LogP contribution < -0.4 is 0 Å². The summed E-state index contributed by atoms with van der Waals surface area (Å²) in [5, 5.41) is 22.2. The van der Waals surface area contributed by atoms with Gasteiger partial charge in [0.05, 0.1) is 11.5 Å². The minimum atomic E-state index is -2.18. The number of aliphatic hydroxyl groups excluding tert-OH is 1. The molecule has 192 valence electrons. The Morgan fingerprint density at radius 3 is 2.58 bits per heavy atom. The van der Waals surface area contributed by atoms with Crippen LogP contribution in [0.3, 0.4) is 0 Å². The third-order valence-electron chi connectivity index (χ3n) is 10.9. The van der Waals surface area contributed by atoms with E-state index < -0.39 is 46.1 Å². The van der Waals surface area contributed by atoms with Crippen LogP contribution in [-0.4, -0.2) is 57.9 Å². The average Bonchev–Trinajstić information content (AvgIpc) is 3.31. The SMILES string of the molecule is C[C@]12C=CC(=O)C=C1[C@@H](F)C[C@H]1[C@@H]3C[C@H]4CN(Cc5ccccc5)C[C@@]4(C(=O)O)[C@@]3(C)C[C@H](O)[C@@]12F. The number of likely N-dealkylation sites (tertiary alicyclic amines) is 1. The van der Waals surface area contributed by atoms with Gasteiger partial charge in [-0.15, -0.1) is 0 Å². The molecule has 4 fully saturated rings. The van der Waals surface area contributed by atoms with Crippen molar-refractivity contribution in [1.29, 1.82) is 0 Å². The molecule has 0 amide bonds. The highest BCUT2D eigenvalue weighted by Crippen LogP contribution is 2.74. The first-order valence-corrected chi connectivity index (χ1v) is 12.9. The van der Waals surface area contributed by atoms with Gasteiger partial charge in [-0.1, -0.05) is 43.3 Å². The summed E-state index contributed by atoms with van der Waals surface area (Å²) >= 11 is 0. The maximum atomic E-state index is 17.3. The molecule has 5 nitrogen and oxygen atoms in total. The molecule has 2 N–H and O–H groups in total. The predicted molar refractivity (Wildman–Crippen MR) is 129 cm³/mol. The second-order valence-corrected chi connectivity index (χ2v) is 12.2. The Balaban J connectivity index is 1.39. The molecule has 0 bridgehead atoms. The molecule has 0 aromatic heterocycles. The zero-order chi connectivity index (χ0) is 25.7. The van der Waals surface area contributed by atoms with Crippen LogP contribution in [0.1, 0.15) is 38.7 Å². The molecular formula is C29H33F2NO4. The van der Waals surface area contributed by atoms with Crippen molar-refractivity contribution in [2.75, 3.05) is 13.1 Å². The van der Waals surface area contributed by atoms with Crippen LogP contribution in [-0.2, 0) is 16.1 Å². The smallest absolute Gasteiger partial charge is 0.311 e. The number of benzene rings is 1. The summed E-state index contributed by atoms with van der Waals surface area (Å²) in [4.78, 5) is 27.2. The number of nitrogens with zero attached hydrogens (tertiary/aromatic N) is 1. The Bertz CT molecular complexity index is 1180. The van der Waals surface area contributed by atoms with Gasteiger partial charge in [-0.2, -0.15) is 0 Å². The molecule has 5 aliphatic rings. The van der Waals surface area contributed by atoms with Crippen LogP contribution in [0.15, 0.2) is 54.1 Å². The Hall–Kier alpha value is -2.38. The molecule has 6 rings (SSSR count). The number of carboxylic acid groups (broad SMARTS) is 1. The van der Waals surface area contributed by atoms with Crippen molar-refractivity contribution in [3.63, 3.8) is 0 Å². The predicted octanol–water partition coefficient (Wildman–Crippen LogP) is 4.12. The molecule has 0 unspecified atom stereocenters. The van der Waals surface area contributed by atoms with Crippen LogP contribution >= 0.6 is 0 Å². The lowest BCUT2D eigenvalue weighted by atomic mass is 9.43. The van der Waals surface area contributed by atoms with Crippen molar-refractivity contribution in [3.8, 4) is 0 Å². The van der Waals surface area contributed by atoms with Gasteiger partial charge < -0.3 is 10.2 Å². The first-order valence-electron chi connectivity index (χ1n) is 12.9. The molecule has 1 aliphatic heterocycles. The maximum absolute atomic E-state index is 17.3. The number of hydrogen-bond donors (Lipinski definition) is 2. The quantitative estimate of drug-likeness (QED) is 0.657. The molecule has 7 heteroatoms. The number of hydrogen-bond acceptors (Lipinski definition) is 4. The number of carbonyl (C=O) groups excluding carboxylic acids is 1. The third-order valence-corrected chi connectivity index (χ3v) is 10.9. The lowest BCUT2D eigenvalue weighted by Gasteiger charge is -2.63. The number of alkyl halides is 2. The van der Waals surface area contributed by atoms with E-state index in [0.29, 0.717) is 26.1 Å². The highest BCUT2D eigenvalue weighted by molar-refractivity contribution is 6.01. The second-order valence-electron chi connectivity index (χ2n) is 12.2. The monoisotopic (exact) mass is 497 g/mol. The summed E-state index contributed by atoms with van der Waals surface area (Å²) < 4.78 is 32.9. The number of fused-ring (bicyclic) bond motifs is 7. The van der Waals surface area contributed by atoms with Gasteiger partial charge in [0.2, 0.25) is 0 Å². The van der Waals surface area contributed by atoms with Gasteiger partial charge in [0.25, 0.3) is 0 Å². The number of rotatable bonds is 3. The molecule has 0 spiro atoms. The minimum absolute atomic E-state index is 0.00570. The fourth-order valence-corrected chi connectivity index (χ4v) is 9.19. The number of carboxylic acids is 1. The number of carbonyl (C=O) groups is 2. The fourth-order valence-electron chi connectivity index (χ4n) is 9.19. The van der Waals surface area contributed by atoms with E-state index in [2.05, 4.69) is 4.90 Å². The Kier molecular flexibility index (Phi) is 5.05. The van der Waals surface area contributed by atoms with E-state index in [4.69, 9.17) is 0 Å². The average molecular weight is 498 g/mol. The number of aliphatic carboxylic acids is 1. The van der Waals surface area contributed by atoms with Crippen LogP contribution in [0.25, 0.3) is 0 Å². The lowest BCUT2D eigenvalue weighted by Crippen LogP contribution is -2.69. The van der Waals surface area contributed by atoms with E-state index in [1.807, 2.05) is 37.3 Å². The van der Waals surface area contributed by atoms with Crippen molar-refractivity contribution >= 4 is 11.8 Å². The van der Waals surface area contributed by atoms with E-state index in [-0.39, 0.29) is 36.0 Å². The molecular weight excluding hydrogens is 464 g/mol. The largest absolute Gasteiger partial charge is 0.481 e. The van der Waals surface area contributed by atoms with Gasteiger partial charge in [-0.05, 0) is 66.7 Å². The summed E-state index contributed by atoms with van der Waals surface area (Å²) in [5.74, 6) is -2.72. The highest BCUT2D eigenvalue weighted by atomic mass is 19.1. The minimum Gasteiger partial charge on any atom is -0.481 e. The van der Waals surface area contributed by atoms with Crippen molar-refractivity contribution < 1.29 is 28.6 Å². The zero-order valence-corrected chi connectivity index (χ0v) is 20.7. The van der Waals surface area contributed by atoms with Crippen LogP contribution in [0.5, 0.6) is 0 Å². The molecule has 4 aliphatic carbocycles.